The number of anilines is 1. The van der Waals surface area contributed by atoms with E-state index in [0.717, 1.165) is 17.7 Å². The van der Waals surface area contributed by atoms with Gasteiger partial charge in [0.2, 0.25) is 0 Å². The van der Waals surface area contributed by atoms with E-state index in [1.165, 1.54) is 4.90 Å². The van der Waals surface area contributed by atoms with Crippen molar-refractivity contribution in [2.75, 3.05) is 18.5 Å². The predicted molar refractivity (Wildman–Crippen MR) is 73.8 cm³/mol. The number of nitrogens with two attached hydrogens (primary N) is 1. The van der Waals surface area contributed by atoms with Crippen LogP contribution in [-0.4, -0.2) is 25.3 Å². The van der Waals surface area contributed by atoms with E-state index >= 15 is 0 Å². The van der Waals surface area contributed by atoms with Crippen LogP contribution in [0.2, 0.25) is 0 Å². The Balaban J connectivity index is 2.80. The Morgan fingerprint density at radius 3 is 2.61 bits per heavy atom. The van der Waals surface area contributed by atoms with Crippen molar-refractivity contribution in [2.24, 2.45) is 5.73 Å². The summed E-state index contributed by atoms with van der Waals surface area (Å²) in [6, 6.07) is 7.75. The molecule has 0 fully saturated rings. The number of carbonyl (C=O) groups excluding carboxylic acids is 1. The molecule has 100 valence electrons. The molecule has 4 heteroatoms. The molecular formula is C14H22N2O2. The molecule has 0 heterocycles. The third-order valence-corrected chi connectivity index (χ3v) is 2.40. The van der Waals surface area contributed by atoms with Gasteiger partial charge in [-0.05, 0) is 51.4 Å². The molecule has 2 N–H and O–H groups in total. The Morgan fingerprint density at radius 1 is 1.39 bits per heavy atom. The van der Waals surface area contributed by atoms with Crippen LogP contribution in [0.4, 0.5) is 10.5 Å². The molecule has 1 aromatic rings. The standard InChI is InChI=1S/C14H22N2O2/c1-14(2,3)18-13(17)16(4)12-7-5-6-11(10-12)8-9-15/h5-7,10H,8-9,15H2,1-4H3. The maximum atomic E-state index is 11.9. The van der Waals surface area contributed by atoms with Crippen molar-refractivity contribution >= 4 is 11.8 Å². The molecule has 0 atom stereocenters. The summed E-state index contributed by atoms with van der Waals surface area (Å²) in [5.74, 6) is 0. The quantitative estimate of drug-likeness (QED) is 0.897. The Bertz CT molecular complexity index is 411. The molecule has 0 radical (unpaired) electrons. The van der Waals surface area contributed by atoms with E-state index in [4.69, 9.17) is 10.5 Å². The number of ether oxygens (including phenoxy) is 1. The van der Waals surface area contributed by atoms with E-state index in [9.17, 15) is 4.79 Å². The minimum absolute atomic E-state index is 0.354. The fraction of sp³-hybridized carbons (Fsp3) is 0.500. The monoisotopic (exact) mass is 250 g/mol. The summed E-state index contributed by atoms with van der Waals surface area (Å²) in [4.78, 5) is 13.4. The van der Waals surface area contributed by atoms with Gasteiger partial charge in [-0.15, -0.1) is 0 Å². The van der Waals surface area contributed by atoms with Gasteiger partial charge in [0, 0.05) is 12.7 Å². The first-order valence-electron chi connectivity index (χ1n) is 6.09. The highest BCUT2D eigenvalue weighted by atomic mass is 16.6. The molecule has 4 nitrogen and oxygen atoms in total. The zero-order chi connectivity index (χ0) is 13.8. The minimum atomic E-state index is -0.486. The highest BCUT2D eigenvalue weighted by Gasteiger charge is 2.20. The number of nitrogens with zero attached hydrogens (tertiary/aromatic N) is 1. The molecular weight excluding hydrogens is 228 g/mol. The predicted octanol–water partition coefficient (Wildman–Crippen LogP) is 2.56. The van der Waals surface area contributed by atoms with E-state index in [1.807, 2.05) is 45.0 Å². The summed E-state index contributed by atoms with van der Waals surface area (Å²) >= 11 is 0. The molecule has 0 aliphatic carbocycles. The Morgan fingerprint density at radius 2 is 2.06 bits per heavy atom. The van der Waals surface area contributed by atoms with E-state index in [2.05, 4.69) is 0 Å². The number of benzene rings is 1. The lowest BCUT2D eigenvalue weighted by Crippen LogP contribution is -2.34. The second-order valence-corrected chi connectivity index (χ2v) is 5.25. The topological polar surface area (TPSA) is 55.6 Å². The van der Waals surface area contributed by atoms with Crippen molar-refractivity contribution in [3.63, 3.8) is 0 Å². The highest BCUT2D eigenvalue weighted by molar-refractivity contribution is 5.87. The van der Waals surface area contributed by atoms with E-state index in [0.29, 0.717) is 6.54 Å². The van der Waals surface area contributed by atoms with Crippen LogP contribution >= 0.6 is 0 Å². The SMILES string of the molecule is CN(C(=O)OC(C)(C)C)c1cccc(CCN)c1. The van der Waals surface area contributed by atoms with Gasteiger partial charge in [0.1, 0.15) is 5.60 Å². The molecule has 0 saturated carbocycles. The van der Waals surface area contributed by atoms with Gasteiger partial charge < -0.3 is 10.5 Å². The zero-order valence-corrected chi connectivity index (χ0v) is 11.6. The lowest BCUT2D eigenvalue weighted by atomic mass is 10.1. The maximum Gasteiger partial charge on any atom is 0.414 e. The summed E-state index contributed by atoms with van der Waals surface area (Å²) in [6.07, 6.45) is 0.447. The van der Waals surface area contributed by atoms with Crippen molar-refractivity contribution in [2.45, 2.75) is 32.8 Å². The zero-order valence-electron chi connectivity index (χ0n) is 11.6. The third-order valence-electron chi connectivity index (χ3n) is 2.40. The molecule has 0 aliphatic heterocycles. The first kappa shape index (κ1) is 14.5. The number of hydrogen-bond acceptors (Lipinski definition) is 3. The van der Waals surface area contributed by atoms with E-state index in [1.54, 1.807) is 7.05 Å². The first-order valence-corrected chi connectivity index (χ1v) is 6.09. The van der Waals surface area contributed by atoms with Gasteiger partial charge in [-0.25, -0.2) is 4.79 Å². The van der Waals surface area contributed by atoms with Gasteiger partial charge >= 0.3 is 6.09 Å². The van der Waals surface area contributed by atoms with Crippen LogP contribution in [0.1, 0.15) is 26.3 Å². The summed E-state index contributed by atoms with van der Waals surface area (Å²) in [6.45, 7) is 6.15. The first-order chi connectivity index (χ1) is 8.33. The largest absolute Gasteiger partial charge is 0.443 e. The Hall–Kier alpha value is -1.55. The van der Waals surface area contributed by atoms with Crippen LogP contribution in [0, 0.1) is 0 Å². The average Bonchev–Trinajstić information content (AvgIpc) is 2.26. The molecule has 0 saturated heterocycles. The van der Waals surface area contributed by atoms with Crippen molar-refractivity contribution in [3.05, 3.63) is 29.8 Å². The second kappa shape index (κ2) is 5.87. The lowest BCUT2D eigenvalue weighted by Gasteiger charge is -2.24. The van der Waals surface area contributed by atoms with Crippen molar-refractivity contribution in [3.8, 4) is 0 Å². The molecule has 0 aromatic heterocycles. The average molecular weight is 250 g/mol. The molecule has 0 unspecified atom stereocenters. The van der Waals surface area contributed by atoms with Crippen LogP contribution in [0.15, 0.2) is 24.3 Å². The molecule has 1 rings (SSSR count). The number of amides is 1. The van der Waals surface area contributed by atoms with Crippen molar-refractivity contribution < 1.29 is 9.53 Å². The summed E-state index contributed by atoms with van der Waals surface area (Å²) in [7, 11) is 1.70. The Labute approximate surface area is 109 Å². The summed E-state index contributed by atoms with van der Waals surface area (Å²) < 4.78 is 5.32. The molecule has 1 amide bonds. The van der Waals surface area contributed by atoms with Crippen LogP contribution in [0.3, 0.4) is 0 Å². The number of carbonyl (C=O) groups is 1. The van der Waals surface area contributed by atoms with Gasteiger partial charge in [0.25, 0.3) is 0 Å². The Kier molecular flexibility index (Phi) is 4.73. The molecule has 0 spiro atoms. The van der Waals surface area contributed by atoms with Crippen LogP contribution in [0.5, 0.6) is 0 Å². The highest BCUT2D eigenvalue weighted by Crippen LogP contribution is 2.18. The van der Waals surface area contributed by atoms with E-state index in [-0.39, 0.29) is 6.09 Å². The maximum absolute atomic E-state index is 11.9. The number of hydrogen-bond donors (Lipinski definition) is 1. The fourth-order valence-corrected chi connectivity index (χ4v) is 1.52. The molecule has 18 heavy (non-hydrogen) atoms. The van der Waals surface area contributed by atoms with Gasteiger partial charge in [-0.3, -0.25) is 4.90 Å². The molecule has 1 aromatic carbocycles. The fourth-order valence-electron chi connectivity index (χ4n) is 1.52. The summed E-state index contributed by atoms with van der Waals surface area (Å²) in [5.41, 5.74) is 6.97. The molecule has 0 bridgehead atoms. The van der Waals surface area contributed by atoms with Crippen LogP contribution < -0.4 is 10.6 Å². The van der Waals surface area contributed by atoms with Gasteiger partial charge in [0.05, 0.1) is 0 Å². The minimum Gasteiger partial charge on any atom is -0.443 e. The van der Waals surface area contributed by atoms with Gasteiger partial charge in [0.15, 0.2) is 0 Å². The summed E-state index contributed by atoms with van der Waals surface area (Å²) in [5, 5.41) is 0. The molecule has 0 aliphatic rings. The normalized spacial score (nSPS) is 11.2. The second-order valence-electron chi connectivity index (χ2n) is 5.25. The van der Waals surface area contributed by atoms with Crippen LogP contribution in [-0.2, 0) is 11.2 Å². The van der Waals surface area contributed by atoms with Gasteiger partial charge in [-0.2, -0.15) is 0 Å². The number of rotatable bonds is 3. The third kappa shape index (κ3) is 4.37. The smallest absolute Gasteiger partial charge is 0.414 e. The van der Waals surface area contributed by atoms with Crippen LogP contribution in [0.25, 0.3) is 0 Å². The van der Waals surface area contributed by atoms with Crippen molar-refractivity contribution in [1.82, 2.24) is 0 Å². The van der Waals surface area contributed by atoms with Gasteiger partial charge in [-0.1, -0.05) is 12.1 Å². The lowest BCUT2D eigenvalue weighted by molar-refractivity contribution is 0.0589. The van der Waals surface area contributed by atoms with Crippen molar-refractivity contribution in [1.29, 1.82) is 0 Å². The van der Waals surface area contributed by atoms with E-state index < -0.39 is 5.60 Å².